The van der Waals surface area contributed by atoms with Crippen LogP contribution in [0.15, 0.2) is 6.07 Å². The molecule has 0 aliphatic rings. The molecule has 0 spiro atoms. The van der Waals surface area contributed by atoms with Gasteiger partial charge in [-0.15, -0.1) is 0 Å². The van der Waals surface area contributed by atoms with Gasteiger partial charge in [0.2, 0.25) is 3.70 Å². The van der Waals surface area contributed by atoms with Crippen LogP contribution in [0, 0.1) is 13.8 Å². The van der Waals surface area contributed by atoms with Crippen LogP contribution in [0.5, 0.6) is 0 Å². The summed E-state index contributed by atoms with van der Waals surface area (Å²) in [6.45, 7) is 0. The van der Waals surface area contributed by atoms with Crippen molar-refractivity contribution in [3.05, 3.63) is 25.4 Å². The highest BCUT2D eigenvalue weighted by molar-refractivity contribution is 14.1. The Labute approximate surface area is 90.6 Å². The highest BCUT2D eigenvalue weighted by Crippen LogP contribution is 2.29. The first-order valence-electron chi connectivity index (χ1n) is 3.32. The smallest absolute Gasteiger partial charge is 0.387 e. The van der Waals surface area contributed by atoms with Crippen molar-refractivity contribution < 1.29 is 13.7 Å². The predicted octanol–water partition coefficient (Wildman–Crippen LogP) is 2.11. The van der Waals surface area contributed by atoms with Gasteiger partial charge in [-0.2, -0.15) is 0 Å². The maximum absolute atomic E-state index is 12.3. The van der Waals surface area contributed by atoms with Gasteiger partial charge in [0.1, 0.15) is 5.69 Å². The molecule has 1 aromatic heterocycles. The molecule has 0 aliphatic heterocycles. The lowest BCUT2D eigenvalue weighted by molar-refractivity contribution is -0.388. The number of nitrogens with zero attached hydrogens (tertiary/aromatic N) is 2. The molecule has 0 aliphatic carbocycles. The Morgan fingerprint density at radius 1 is 1.64 bits per heavy atom. The summed E-state index contributed by atoms with van der Waals surface area (Å²) >= 11 is 1.50. The number of alkyl halides is 2. The minimum absolute atomic E-state index is 0.112. The van der Waals surface area contributed by atoms with Crippen molar-refractivity contribution in [1.82, 2.24) is 4.98 Å². The highest BCUT2D eigenvalue weighted by atomic mass is 127. The molecule has 0 radical (unpaired) electrons. The molecular weight excluding hydrogens is 311 g/mol. The molecule has 0 saturated heterocycles. The van der Waals surface area contributed by atoms with Gasteiger partial charge in [-0.1, -0.05) is 0 Å². The maximum atomic E-state index is 12.3. The number of pyridine rings is 1. The monoisotopic (exact) mass is 315 g/mol. The number of anilines is 1. The van der Waals surface area contributed by atoms with Gasteiger partial charge >= 0.3 is 5.82 Å². The summed E-state index contributed by atoms with van der Waals surface area (Å²) in [5.74, 6) is -0.598. The van der Waals surface area contributed by atoms with Gasteiger partial charge < -0.3 is 15.8 Å². The standard InChI is InChI=1S/C6H4F2IN3O2/c7-4(8)2-1-3(10)6(12(13)14)11-5(2)9/h1,4H,10H2. The molecule has 1 rings (SSSR count). The molecule has 0 aromatic carbocycles. The number of nitro groups is 1. The average molecular weight is 315 g/mol. The van der Waals surface area contributed by atoms with Crippen LogP contribution in [0.1, 0.15) is 12.0 Å². The Morgan fingerprint density at radius 2 is 2.21 bits per heavy atom. The fourth-order valence-electron chi connectivity index (χ4n) is 0.813. The zero-order valence-electron chi connectivity index (χ0n) is 6.58. The molecule has 8 heteroatoms. The lowest BCUT2D eigenvalue weighted by Gasteiger charge is -2.01. The molecule has 5 nitrogen and oxygen atoms in total. The summed E-state index contributed by atoms with van der Waals surface area (Å²) in [5.41, 5.74) is 4.44. The number of hydrogen-bond acceptors (Lipinski definition) is 4. The summed E-state index contributed by atoms with van der Waals surface area (Å²) in [5, 5.41) is 10.3. The molecule has 0 saturated carbocycles. The van der Waals surface area contributed by atoms with Crippen molar-refractivity contribution in [3.8, 4) is 0 Å². The normalized spacial score (nSPS) is 10.6. The molecule has 0 fully saturated rings. The minimum Gasteiger partial charge on any atom is -0.392 e. The first kappa shape index (κ1) is 11.0. The van der Waals surface area contributed by atoms with Crippen LogP contribution in [0.25, 0.3) is 0 Å². The fraction of sp³-hybridized carbons (Fsp3) is 0.167. The molecule has 1 aromatic rings. The molecule has 76 valence electrons. The summed E-state index contributed by atoms with van der Waals surface area (Å²) in [7, 11) is 0. The number of aromatic nitrogens is 1. The van der Waals surface area contributed by atoms with Crippen molar-refractivity contribution in [2.24, 2.45) is 0 Å². The van der Waals surface area contributed by atoms with Gasteiger partial charge in [0.25, 0.3) is 6.43 Å². The Morgan fingerprint density at radius 3 is 2.64 bits per heavy atom. The molecule has 0 unspecified atom stereocenters. The third-order valence-corrected chi connectivity index (χ3v) is 2.28. The maximum Gasteiger partial charge on any atom is 0.387 e. The van der Waals surface area contributed by atoms with Crippen molar-refractivity contribution in [1.29, 1.82) is 0 Å². The second kappa shape index (κ2) is 3.98. The number of halogens is 3. The van der Waals surface area contributed by atoms with E-state index in [-0.39, 0.29) is 9.39 Å². The van der Waals surface area contributed by atoms with Crippen molar-refractivity contribution >= 4 is 34.1 Å². The highest BCUT2D eigenvalue weighted by Gasteiger charge is 2.23. The van der Waals surface area contributed by atoms with E-state index in [9.17, 15) is 18.9 Å². The lowest BCUT2D eigenvalue weighted by atomic mass is 10.2. The molecule has 0 atom stereocenters. The van der Waals surface area contributed by atoms with E-state index < -0.39 is 22.7 Å². The first-order valence-corrected chi connectivity index (χ1v) is 4.39. The number of hydrogen-bond donors (Lipinski definition) is 1. The van der Waals surface area contributed by atoms with E-state index in [1.54, 1.807) is 0 Å². The van der Waals surface area contributed by atoms with E-state index in [4.69, 9.17) is 5.73 Å². The predicted molar refractivity (Wildman–Crippen MR) is 53.0 cm³/mol. The van der Waals surface area contributed by atoms with Crippen molar-refractivity contribution in [2.45, 2.75) is 6.43 Å². The van der Waals surface area contributed by atoms with Crippen LogP contribution in [-0.2, 0) is 0 Å². The number of rotatable bonds is 2. The Hall–Kier alpha value is -1.06. The van der Waals surface area contributed by atoms with Gasteiger partial charge in [-0.25, -0.2) is 8.78 Å². The summed E-state index contributed by atoms with van der Waals surface area (Å²) in [4.78, 5) is 12.9. The van der Waals surface area contributed by atoms with E-state index >= 15 is 0 Å². The van der Waals surface area contributed by atoms with Crippen LogP contribution in [0.2, 0.25) is 0 Å². The molecular formula is C6H4F2IN3O2. The average Bonchev–Trinajstić information content (AvgIpc) is 2.07. The van der Waals surface area contributed by atoms with Crippen molar-refractivity contribution in [3.63, 3.8) is 0 Å². The topological polar surface area (TPSA) is 82.0 Å². The molecule has 1 heterocycles. The minimum atomic E-state index is -2.74. The Bertz CT molecular complexity index is 386. The van der Waals surface area contributed by atoms with Crippen LogP contribution in [0.4, 0.5) is 20.3 Å². The Kier molecular flexibility index (Phi) is 3.13. The van der Waals surface area contributed by atoms with Crippen LogP contribution >= 0.6 is 22.6 Å². The number of nitrogen functional groups attached to an aromatic ring is 1. The van der Waals surface area contributed by atoms with Crippen LogP contribution in [0.3, 0.4) is 0 Å². The van der Waals surface area contributed by atoms with Crippen LogP contribution < -0.4 is 5.73 Å². The van der Waals surface area contributed by atoms with E-state index in [1.807, 2.05) is 0 Å². The van der Waals surface area contributed by atoms with Crippen LogP contribution in [-0.4, -0.2) is 9.91 Å². The molecule has 0 bridgehead atoms. The summed E-state index contributed by atoms with van der Waals surface area (Å²) < 4.78 is 24.4. The zero-order chi connectivity index (χ0) is 10.9. The van der Waals surface area contributed by atoms with Gasteiger partial charge in [0, 0.05) is 22.6 Å². The molecule has 14 heavy (non-hydrogen) atoms. The summed E-state index contributed by atoms with van der Waals surface area (Å²) in [6, 6.07) is 0.873. The second-order valence-electron chi connectivity index (χ2n) is 2.34. The number of nitrogens with two attached hydrogens (primary N) is 1. The van der Waals surface area contributed by atoms with Crippen molar-refractivity contribution in [2.75, 3.05) is 5.73 Å². The van der Waals surface area contributed by atoms with Gasteiger partial charge in [-0.3, -0.25) is 0 Å². The van der Waals surface area contributed by atoms with Gasteiger partial charge in [0.05, 0.1) is 5.56 Å². The van der Waals surface area contributed by atoms with E-state index in [1.165, 1.54) is 22.6 Å². The fourth-order valence-corrected chi connectivity index (χ4v) is 1.43. The van der Waals surface area contributed by atoms with Gasteiger partial charge in [-0.05, 0) is 16.0 Å². The van der Waals surface area contributed by atoms with E-state index in [2.05, 4.69) is 4.98 Å². The zero-order valence-corrected chi connectivity index (χ0v) is 8.73. The third-order valence-electron chi connectivity index (χ3n) is 1.42. The van der Waals surface area contributed by atoms with E-state index in [0.717, 1.165) is 6.07 Å². The third kappa shape index (κ3) is 2.05. The second-order valence-corrected chi connectivity index (χ2v) is 3.36. The van der Waals surface area contributed by atoms with E-state index in [0.29, 0.717) is 0 Å². The largest absolute Gasteiger partial charge is 0.392 e. The summed E-state index contributed by atoms with van der Waals surface area (Å²) in [6.07, 6.45) is -2.74. The quantitative estimate of drug-likeness (QED) is 0.392. The van der Waals surface area contributed by atoms with Gasteiger partial charge in [0.15, 0.2) is 0 Å². The Balaban J connectivity index is 3.31. The molecule has 2 N–H and O–H groups in total. The lowest BCUT2D eigenvalue weighted by Crippen LogP contribution is -2.03. The first-order chi connectivity index (χ1) is 6.43. The SMILES string of the molecule is Nc1cc(C(F)F)c(I)nc1[N+](=O)[O-]. The molecule has 0 amide bonds.